The van der Waals surface area contributed by atoms with E-state index < -0.39 is 0 Å². The molecule has 2 aliphatic heterocycles. The fourth-order valence-corrected chi connectivity index (χ4v) is 3.65. The second-order valence-electron chi connectivity index (χ2n) is 6.88. The van der Waals surface area contributed by atoms with Gasteiger partial charge in [-0.2, -0.15) is 0 Å². The first-order valence-electron chi connectivity index (χ1n) is 9.41. The molecule has 0 aromatic heterocycles. The summed E-state index contributed by atoms with van der Waals surface area (Å²) in [7, 11) is 0. The summed E-state index contributed by atoms with van der Waals surface area (Å²) in [6, 6.07) is 13.4. The fourth-order valence-electron chi connectivity index (χ4n) is 3.53. The molecule has 2 aliphatic rings. The number of morpholine rings is 1. The van der Waals surface area contributed by atoms with Gasteiger partial charge in [0.1, 0.15) is 0 Å². The van der Waals surface area contributed by atoms with E-state index in [1.807, 2.05) is 30.3 Å². The number of ether oxygens (including phenoxy) is 3. The maximum Gasteiger partial charge on any atom is 0.231 e. The molecule has 0 saturated carbocycles. The predicted octanol–water partition coefficient (Wildman–Crippen LogP) is 2.80. The first-order valence-corrected chi connectivity index (χ1v) is 9.79. The average Bonchev–Trinajstić information content (AvgIpc) is 3.19. The van der Waals surface area contributed by atoms with Crippen LogP contribution in [0.3, 0.4) is 0 Å². The van der Waals surface area contributed by atoms with Gasteiger partial charge in [-0.3, -0.25) is 9.69 Å². The van der Waals surface area contributed by atoms with Gasteiger partial charge in [0.2, 0.25) is 12.7 Å². The topological polar surface area (TPSA) is 60.0 Å². The van der Waals surface area contributed by atoms with E-state index in [1.54, 1.807) is 12.1 Å². The van der Waals surface area contributed by atoms with Gasteiger partial charge in [-0.1, -0.05) is 29.8 Å². The number of halogens is 1. The smallest absolute Gasteiger partial charge is 0.231 e. The number of benzene rings is 2. The van der Waals surface area contributed by atoms with E-state index >= 15 is 0 Å². The van der Waals surface area contributed by atoms with Gasteiger partial charge in [0.15, 0.2) is 11.5 Å². The summed E-state index contributed by atoms with van der Waals surface area (Å²) >= 11 is 5.91. The lowest BCUT2D eigenvalue weighted by molar-refractivity contribution is -0.120. The van der Waals surface area contributed by atoms with Crippen LogP contribution in [0.1, 0.15) is 17.2 Å². The molecule has 1 amide bonds. The summed E-state index contributed by atoms with van der Waals surface area (Å²) < 4.78 is 16.4. The minimum Gasteiger partial charge on any atom is -0.454 e. The van der Waals surface area contributed by atoms with E-state index in [4.69, 9.17) is 25.8 Å². The van der Waals surface area contributed by atoms with Gasteiger partial charge in [0.05, 0.1) is 25.7 Å². The minimum atomic E-state index is -0.0127. The molecule has 1 unspecified atom stereocenters. The van der Waals surface area contributed by atoms with Crippen molar-refractivity contribution in [2.45, 2.75) is 12.5 Å². The first-order chi connectivity index (χ1) is 13.7. The maximum atomic E-state index is 12.5. The lowest BCUT2D eigenvalue weighted by Crippen LogP contribution is -2.44. The second kappa shape index (κ2) is 8.82. The molecule has 1 fully saturated rings. The number of fused-ring (bicyclic) bond motifs is 1. The van der Waals surface area contributed by atoms with Crippen molar-refractivity contribution >= 4 is 17.5 Å². The highest BCUT2D eigenvalue weighted by Gasteiger charge is 2.25. The van der Waals surface area contributed by atoms with Gasteiger partial charge in [-0.05, 0) is 35.4 Å². The van der Waals surface area contributed by atoms with Crippen molar-refractivity contribution in [2.24, 2.45) is 0 Å². The Hall–Kier alpha value is -2.28. The Morgan fingerprint density at radius 3 is 2.61 bits per heavy atom. The van der Waals surface area contributed by atoms with Crippen LogP contribution in [0.15, 0.2) is 42.5 Å². The lowest BCUT2D eigenvalue weighted by Gasteiger charge is -2.35. The zero-order valence-electron chi connectivity index (χ0n) is 15.5. The van der Waals surface area contributed by atoms with Gasteiger partial charge in [-0.25, -0.2) is 0 Å². The third kappa shape index (κ3) is 4.58. The van der Waals surface area contributed by atoms with E-state index in [2.05, 4.69) is 10.2 Å². The molecule has 2 aromatic rings. The van der Waals surface area contributed by atoms with Crippen LogP contribution < -0.4 is 14.8 Å². The molecule has 7 heteroatoms. The Balaban J connectivity index is 1.44. The Bertz CT molecular complexity index is 822. The van der Waals surface area contributed by atoms with Crippen molar-refractivity contribution in [3.63, 3.8) is 0 Å². The Kier molecular flexibility index (Phi) is 6.00. The number of nitrogens with zero attached hydrogens (tertiary/aromatic N) is 1. The van der Waals surface area contributed by atoms with Crippen LogP contribution >= 0.6 is 11.6 Å². The quantitative estimate of drug-likeness (QED) is 0.805. The predicted molar refractivity (Wildman–Crippen MR) is 106 cm³/mol. The SMILES string of the molecule is O=C(Cc1ccc(Cl)cc1)NCC(c1ccc2c(c1)OCO2)N1CCOCC1. The number of hydrogen-bond donors (Lipinski definition) is 1. The summed E-state index contributed by atoms with van der Waals surface area (Å²) in [5.41, 5.74) is 2.03. The van der Waals surface area contributed by atoms with E-state index in [0.29, 0.717) is 31.2 Å². The monoisotopic (exact) mass is 402 g/mol. The largest absolute Gasteiger partial charge is 0.454 e. The van der Waals surface area contributed by atoms with Gasteiger partial charge in [0, 0.05) is 24.7 Å². The highest BCUT2D eigenvalue weighted by Crippen LogP contribution is 2.35. The summed E-state index contributed by atoms with van der Waals surface area (Å²) in [4.78, 5) is 14.8. The second-order valence-corrected chi connectivity index (χ2v) is 7.32. The average molecular weight is 403 g/mol. The number of rotatable bonds is 6. The number of carbonyl (C=O) groups excluding carboxylic acids is 1. The lowest BCUT2D eigenvalue weighted by atomic mass is 10.0. The Labute approximate surface area is 169 Å². The molecule has 0 spiro atoms. The van der Waals surface area contributed by atoms with Gasteiger partial charge in [0.25, 0.3) is 0 Å². The number of amides is 1. The van der Waals surface area contributed by atoms with E-state index in [9.17, 15) is 4.79 Å². The van der Waals surface area contributed by atoms with Gasteiger partial charge in [-0.15, -0.1) is 0 Å². The Morgan fingerprint density at radius 1 is 1.07 bits per heavy atom. The number of carbonyl (C=O) groups is 1. The molecule has 1 atom stereocenters. The van der Waals surface area contributed by atoms with Crippen LogP contribution in [0, 0.1) is 0 Å². The van der Waals surface area contributed by atoms with E-state index in [0.717, 1.165) is 35.7 Å². The molecule has 6 nitrogen and oxygen atoms in total. The molecule has 4 rings (SSSR count). The molecular weight excluding hydrogens is 380 g/mol. The minimum absolute atomic E-state index is 0.0127. The molecule has 0 bridgehead atoms. The van der Waals surface area contributed by atoms with E-state index in [1.165, 1.54) is 0 Å². The zero-order valence-corrected chi connectivity index (χ0v) is 16.3. The van der Waals surface area contributed by atoms with Crippen molar-refractivity contribution in [3.8, 4) is 11.5 Å². The zero-order chi connectivity index (χ0) is 19.3. The summed E-state index contributed by atoms with van der Waals surface area (Å²) in [5, 5.41) is 3.75. The maximum absolute atomic E-state index is 12.5. The number of hydrogen-bond acceptors (Lipinski definition) is 5. The number of nitrogens with one attached hydrogen (secondary N) is 1. The van der Waals surface area contributed by atoms with Crippen LogP contribution in [-0.4, -0.2) is 50.4 Å². The van der Waals surface area contributed by atoms with Gasteiger partial charge >= 0.3 is 0 Å². The van der Waals surface area contributed by atoms with Crippen molar-refractivity contribution in [1.29, 1.82) is 0 Å². The highest BCUT2D eigenvalue weighted by molar-refractivity contribution is 6.30. The molecule has 2 aromatic carbocycles. The van der Waals surface area contributed by atoms with Crippen LogP contribution in [0.2, 0.25) is 5.02 Å². The standard InChI is InChI=1S/C21H23ClN2O4/c22-17-4-1-15(2-5-17)11-21(25)23-13-18(24-7-9-26-10-8-24)16-3-6-19-20(12-16)28-14-27-19/h1-6,12,18H,7-11,13-14H2,(H,23,25). The Morgan fingerprint density at radius 2 is 1.82 bits per heavy atom. The first kappa shape index (κ1) is 19.1. The fraction of sp³-hybridized carbons (Fsp3) is 0.381. The summed E-state index contributed by atoms with van der Waals surface area (Å²) in [6.45, 7) is 3.81. The van der Waals surface area contributed by atoms with Crippen molar-refractivity contribution in [1.82, 2.24) is 10.2 Å². The van der Waals surface area contributed by atoms with Crippen LogP contribution in [0.5, 0.6) is 11.5 Å². The molecule has 28 heavy (non-hydrogen) atoms. The molecule has 1 saturated heterocycles. The van der Waals surface area contributed by atoms with Crippen molar-refractivity contribution < 1.29 is 19.0 Å². The third-order valence-electron chi connectivity index (χ3n) is 5.04. The highest BCUT2D eigenvalue weighted by atomic mass is 35.5. The normalized spacial score (nSPS) is 17.3. The van der Waals surface area contributed by atoms with Gasteiger partial charge < -0.3 is 19.5 Å². The van der Waals surface area contributed by atoms with Crippen LogP contribution in [0.25, 0.3) is 0 Å². The molecule has 2 heterocycles. The summed E-state index contributed by atoms with van der Waals surface area (Å²) in [5.74, 6) is 1.50. The van der Waals surface area contributed by atoms with Crippen molar-refractivity contribution in [3.05, 3.63) is 58.6 Å². The molecule has 148 valence electrons. The van der Waals surface area contributed by atoms with Crippen molar-refractivity contribution in [2.75, 3.05) is 39.6 Å². The molecule has 1 N–H and O–H groups in total. The van der Waals surface area contributed by atoms with Crippen LogP contribution in [-0.2, 0) is 16.0 Å². The van der Waals surface area contributed by atoms with Crippen LogP contribution in [0.4, 0.5) is 0 Å². The molecule has 0 radical (unpaired) electrons. The third-order valence-corrected chi connectivity index (χ3v) is 5.29. The molecule has 0 aliphatic carbocycles. The van der Waals surface area contributed by atoms with E-state index in [-0.39, 0.29) is 18.7 Å². The molecular formula is C21H23ClN2O4. The summed E-state index contributed by atoms with van der Waals surface area (Å²) in [6.07, 6.45) is 0.328.